The molecule has 2 aromatic carbocycles. The summed E-state index contributed by atoms with van der Waals surface area (Å²) in [5.74, 6) is 0.679. The highest BCUT2D eigenvalue weighted by molar-refractivity contribution is 7.89. The fraction of sp³-hybridized carbons (Fsp3) is 0.150. The third-order valence-electron chi connectivity index (χ3n) is 4.27. The van der Waals surface area contributed by atoms with Crippen molar-refractivity contribution in [3.63, 3.8) is 0 Å². The molecule has 29 heavy (non-hydrogen) atoms. The number of aliphatic imine (C=N–C) groups is 1. The molecule has 0 aromatic heterocycles. The number of anilines is 1. The number of fused-ring (bicyclic) bond motifs is 1. The number of benzene rings is 2. The van der Waals surface area contributed by atoms with Crippen LogP contribution in [0.25, 0.3) is 0 Å². The fourth-order valence-corrected chi connectivity index (χ4v) is 4.11. The normalized spacial score (nSPS) is 16.4. The van der Waals surface area contributed by atoms with Gasteiger partial charge in [0.15, 0.2) is 0 Å². The second kappa shape index (κ2) is 8.91. The van der Waals surface area contributed by atoms with Crippen LogP contribution in [-0.2, 0) is 16.6 Å². The van der Waals surface area contributed by atoms with Crippen LogP contribution in [0.4, 0.5) is 5.69 Å². The lowest BCUT2D eigenvalue weighted by molar-refractivity contribution is 0.181. The van der Waals surface area contributed by atoms with Gasteiger partial charge in [0.25, 0.3) is 0 Å². The molecule has 0 spiro atoms. The highest BCUT2D eigenvalue weighted by Crippen LogP contribution is 2.26. The van der Waals surface area contributed by atoms with Gasteiger partial charge in [-0.3, -0.25) is 0 Å². The summed E-state index contributed by atoms with van der Waals surface area (Å²) in [5, 5.41) is 16.3. The maximum Gasteiger partial charge on any atom is 0.241 e. The number of nitrogens with two attached hydrogens (primary N) is 1. The van der Waals surface area contributed by atoms with Gasteiger partial charge in [0, 0.05) is 18.8 Å². The van der Waals surface area contributed by atoms with Crippen LogP contribution in [0, 0.1) is 0 Å². The van der Waals surface area contributed by atoms with E-state index in [4.69, 9.17) is 5.73 Å². The molecule has 0 amide bonds. The Morgan fingerprint density at radius 1 is 1.31 bits per heavy atom. The Labute approximate surface area is 169 Å². The van der Waals surface area contributed by atoms with E-state index in [1.165, 1.54) is 12.3 Å². The molecule has 1 heterocycles. The summed E-state index contributed by atoms with van der Waals surface area (Å²) >= 11 is 0. The van der Waals surface area contributed by atoms with Gasteiger partial charge in [0.05, 0.1) is 11.0 Å². The molecule has 9 heteroatoms. The van der Waals surface area contributed by atoms with E-state index in [9.17, 15) is 13.5 Å². The third-order valence-corrected chi connectivity index (χ3v) is 5.75. The highest BCUT2D eigenvalue weighted by atomic mass is 32.2. The molecule has 152 valence electrons. The molecule has 0 saturated heterocycles. The smallest absolute Gasteiger partial charge is 0.241 e. The third kappa shape index (κ3) is 5.23. The molecule has 6 N–H and O–H groups in total. The van der Waals surface area contributed by atoms with Gasteiger partial charge in [0.2, 0.25) is 10.0 Å². The van der Waals surface area contributed by atoms with E-state index in [1.807, 2.05) is 30.3 Å². The molecule has 1 aliphatic heterocycles. The van der Waals surface area contributed by atoms with E-state index in [2.05, 4.69) is 26.9 Å². The minimum atomic E-state index is -3.46. The van der Waals surface area contributed by atoms with Gasteiger partial charge in [-0.05, 0) is 35.5 Å². The lowest BCUT2D eigenvalue weighted by Gasteiger charge is -2.14. The molecule has 0 aliphatic carbocycles. The largest absolute Gasteiger partial charge is 0.404 e. The lowest BCUT2D eigenvalue weighted by Crippen LogP contribution is -2.27. The van der Waals surface area contributed by atoms with Crippen molar-refractivity contribution in [3.05, 3.63) is 84.3 Å². The first-order valence-electron chi connectivity index (χ1n) is 8.91. The van der Waals surface area contributed by atoms with E-state index < -0.39 is 16.1 Å². The van der Waals surface area contributed by atoms with Gasteiger partial charge in [0.1, 0.15) is 11.7 Å². The maximum atomic E-state index is 12.0. The molecule has 0 fully saturated rings. The summed E-state index contributed by atoms with van der Waals surface area (Å²) in [4.78, 5) is 4.56. The Bertz CT molecular complexity index is 1050. The second-order valence-electron chi connectivity index (χ2n) is 6.38. The predicted molar refractivity (Wildman–Crippen MR) is 113 cm³/mol. The molecule has 1 atom stereocenters. The van der Waals surface area contributed by atoms with E-state index in [0.29, 0.717) is 17.1 Å². The van der Waals surface area contributed by atoms with Gasteiger partial charge in [-0.2, -0.15) is 0 Å². The number of hydrogen-bond acceptors (Lipinski definition) is 6. The zero-order valence-electron chi connectivity index (χ0n) is 15.7. The Hall–Kier alpha value is -3.14. The molecule has 2 aromatic rings. The van der Waals surface area contributed by atoms with Crippen LogP contribution in [0.1, 0.15) is 17.2 Å². The average Bonchev–Trinajstić information content (AvgIpc) is 3.01. The van der Waals surface area contributed by atoms with E-state index in [0.717, 1.165) is 5.56 Å². The van der Waals surface area contributed by atoms with Crippen LogP contribution in [0.15, 0.2) is 83.1 Å². The maximum absolute atomic E-state index is 12.0. The van der Waals surface area contributed by atoms with Crippen molar-refractivity contribution >= 4 is 21.5 Å². The molecule has 0 saturated carbocycles. The topological polar surface area (TPSA) is 129 Å². The van der Waals surface area contributed by atoms with Crippen LogP contribution in [0.2, 0.25) is 0 Å². The summed E-state index contributed by atoms with van der Waals surface area (Å²) in [7, 11) is -3.46. The van der Waals surface area contributed by atoms with Crippen molar-refractivity contribution in [1.29, 1.82) is 0 Å². The standard InChI is InChI=1S/C20H23N5O3S/c1-14(24-17-8-7-16-12-23-29(27,28)19(16)11-17)25-20(9-10-21)22-13-18(26)15-5-3-2-4-6-15/h2-11,18,23-24,26H,1,12-13,21H2,(H,22,25)/b10-9-. The minimum Gasteiger partial charge on any atom is -0.404 e. The molecule has 1 aliphatic rings. The number of amidine groups is 1. The van der Waals surface area contributed by atoms with E-state index >= 15 is 0 Å². The number of hydrogen-bond donors (Lipinski definition) is 5. The van der Waals surface area contributed by atoms with Crippen LogP contribution in [0.5, 0.6) is 0 Å². The summed E-state index contributed by atoms with van der Waals surface area (Å²) in [6.07, 6.45) is 2.15. The first-order chi connectivity index (χ1) is 13.9. The summed E-state index contributed by atoms with van der Waals surface area (Å²) in [6.45, 7) is 4.36. The van der Waals surface area contributed by atoms with Gasteiger partial charge in [-0.15, -0.1) is 0 Å². The highest BCUT2D eigenvalue weighted by Gasteiger charge is 2.25. The fourth-order valence-electron chi connectivity index (χ4n) is 2.84. The Morgan fingerprint density at radius 3 is 2.79 bits per heavy atom. The van der Waals surface area contributed by atoms with Gasteiger partial charge in [-0.1, -0.05) is 43.0 Å². The molecule has 3 rings (SSSR count). The number of aliphatic hydroxyl groups excluding tert-OH is 1. The van der Waals surface area contributed by atoms with Crippen LogP contribution in [0.3, 0.4) is 0 Å². The van der Waals surface area contributed by atoms with Gasteiger partial charge in [-0.25, -0.2) is 18.1 Å². The van der Waals surface area contributed by atoms with Gasteiger partial charge < -0.3 is 21.5 Å². The van der Waals surface area contributed by atoms with E-state index in [1.54, 1.807) is 18.2 Å². The number of nitrogens with zero attached hydrogens (tertiary/aromatic N) is 1. The van der Waals surface area contributed by atoms with Crippen molar-refractivity contribution in [2.75, 3.05) is 11.9 Å². The predicted octanol–water partition coefficient (Wildman–Crippen LogP) is 1.56. The monoisotopic (exact) mass is 413 g/mol. The van der Waals surface area contributed by atoms with Crippen molar-refractivity contribution in [2.45, 2.75) is 17.5 Å². The second-order valence-corrected chi connectivity index (χ2v) is 8.12. The molecule has 0 radical (unpaired) electrons. The van der Waals surface area contributed by atoms with Crippen molar-refractivity contribution in [2.24, 2.45) is 10.7 Å². The Balaban J connectivity index is 1.67. The molecule has 8 nitrogen and oxygen atoms in total. The minimum absolute atomic E-state index is 0.225. The summed E-state index contributed by atoms with van der Waals surface area (Å²) in [6, 6.07) is 14.3. The average molecular weight is 414 g/mol. The molecular weight excluding hydrogens is 390 g/mol. The van der Waals surface area contributed by atoms with Crippen molar-refractivity contribution in [3.8, 4) is 0 Å². The number of nitrogens with one attached hydrogen (secondary N) is 3. The number of aliphatic hydroxyl groups is 1. The van der Waals surface area contributed by atoms with Crippen LogP contribution in [-0.4, -0.2) is 25.9 Å². The molecular formula is C20H23N5O3S. The molecule has 0 bridgehead atoms. The van der Waals surface area contributed by atoms with Crippen molar-refractivity contribution < 1.29 is 13.5 Å². The zero-order chi connectivity index (χ0) is 20.9. The number of rotatable bonds is 7. The van der Waals surface area contributed by atoms with Crippen molar-refractivity contribution in [1.82, 2.24) is 10.0 Å². The zero-order valence-corrected chi connectivity index (χ0v) is 16.5. The Morgan fingerprint density at radius 2 is 2.07 bits per heavy atom. The molecule has 1 unspecified atom stereocenters. The quantitative estimate of drug-likeness (QED) is 0.346. The van der Waals surface area contributed by atoms with Crippen LogP contribution < -0.4 is 21.1 Å². The van der Waals surface area contributed by atoms with E-state index in [-0.39, 0.29) is 23.8 Å². The Kier molecular flexibility index (Phi) is 6.32. The first-order valence-corrected chi connectivity index (χ1v) is 10.4. The first kappa shape index (κ1) is 20.6. The van der Waals surface area contributed by atoms with Gasteiger partial charge >= 0.3 is 0 Å². The lowest BCUT2D eigenvalue weighted by atomic mass is 10.1. The summed E-state index contributed by atoms with van der Waals surface area (Å²) in [5.41, 5.74) is 7.52. The summed E-state index contributed by atoms with van der Waals surface area (Å²) < 4.78 is 26.4. The van der Waals surface area contributed by atoms with Crippen LogP contribution >= 0.6 is 0 Å². The SMILES string of the molecule is C=C(/N=C(\C=C/N)NCC(O)c1ccccc1)Nc1ccc2c(c1)S(=O)(=O)NC2. The number of sulfonamides is 1.